The van der Waals surface area contributed by atoms with Gasteiger partial charge in [-0.15, -0.1) is 24.0 Å². The number of rotatable bonds is 11. The van der Waals surface area contributed by atoms with Crippen molar-refractivity contribution in [3.05, 3.63) is 35.9 Å². The van der Waals surface area contributed by atoms with E-state index in [0.717, 1.165) is 71.4 Å². The quantitative estimate of drug-likeness (QED) is 0.193. The predicted molar refractivity (Wildman–Crippen MR) is 138 cm³/mol. The number of piperidine rings is 1. The topological polar surface area (TPSA) is 58.1 Å². The number of guanidine groups is 1. The van der Waals surface area contributed by atoms with Crippen molar-refractivity contribution in [1.29, 1.82) is 0 Å². The van der Waals surface area contributed by atoms with Crippen molar-refractivity contribution in [2.24, 2.45) is 10.9 Å². The van der Waals surface area contributed by atoms with E-state index in [1.807, 2.05) is 0 Å². The Labute approximate surface area is 205 Å². The summed E-state index contributed by atoms with van der Waals surface area (Å²) >= 11 is 0. The van der Waals surface area contributed by atoms with E-state index >= 15 is 0 Å². The molecule has 2 N–H and O–H groups in total. The van der Waals surface area contributed by atoms with Gasteiger partial charge in [0.15, 0.2) is 5.96 Å². The highest BCUT2D eigenvalue weighted by atomic mass is 127. The molecule has 0 bridgehead atoms. The van der Waals surface area contributed by atoms with E-state index < -0.39 is 0 Å². The van der Waals surface area contributed by atoms with Crippen molar-refractivity contribution < 1.29 is 9.47 Å². The van der Waals surface area contributed by atoms with Crippen LogP contribution in [0.3, 0.4) is 0 Å². The minimum Gasteiger partial charge on any atom is -0.381 e. The van der Waals surface area contributed by atoms with Crippen LogP contribution in [0.25, 0.3) is 0 Å². The molecule has 3 rings (SSSR count). The van der Waals surface area contributed by atoms with Crippen LogP contribution in [0.1, 0.15) is 44.6 Å². The maximum atomic E-state index is 5.80. The Morgan fingerprint density at radius 3 is 2.84 bits per heavy atom. The molecule has 0 aromatic heterocycles. The molecule has 176 valence electrons. The number of nitrogens with one attached hydrogen (secondary N) is 2. The molecule has 0 saturated carbocycles. The average molecular weight is 545 g/mol. The summed E-state index contributed by atoms with van der Waals surface area (Å²) in [6.07, 6.45) is 5.95. The molecule has 0 amide bonds. The van der Waals surface area contributed by atoms with E-state index in [1.165, 1.54) is 31.4 Å². The van der Waals surface area contributed by atoms with Gasteiger partial charge in [-0.25, -0.2) is 0 Å². The Kier molecular flexibility index (Phi) is 13.5. The van der Waals surface area contributed by atoms with Crippen molar-refractivity contribution in [2.75, 3.05) is 52.6 Å². The van der Waals surface area contributed by atoms with Crippen molar-refractivity contribution in [3.63, 3.8) is 0 Å². The lowest BCUT2D eigenvalue weighted by atomic mass is 10.0. The summed E-state index contributed by atoms with van der Waals surface area (Å²) in [6.45, 7) is 10.3. The highest BCUT2D eigenvalue weighted by Gasteiger charge is 2.22. The lowest BCUT2D eigenvalue weighted by molar-refractivity contribution is 0.0888. The first kappa shape index (κ1) is 26.4. The van der Waals surface area contributed by atoms with Crippen LogP contribution in [0.2, 0.25) is 0 Å². The summed E-state index contributed by atoms with van der Waals surface area (Å²) in [4.78, 5) is 7.51. The number of likely N-dealkylation sites (tertiary alicyclic amines) is 1. The van der Waals surface area contributed by atoms with Crippen molar-refractivity contribution in [1.82, 2.24) is 15.5 Å². The molecule has 6 nitrogen and oxygen atoms in total. The fourth-order valence-electron chi connectivity index (χ4n) is 4.18. The summed E-state index contributed by atoms with van der Waals surface area (Å²) in [5.74, 6) is 1.51. The van der Waals surface area contributed by atoms with Gasteiger partial charge in [0.25, 0.3) is 0 Å². The summed E-state index contributed by atoms with van der Waals surface area (Å²) in [5.41, 5.74) is 1.39. The Morgan fingerprint density at radius 1 is 1.19 bits per heavy atom. The molecule has 1 aromatic rings. The highest BCUT2D eigenvalue weighted by Crippen LogP contribution is 2.20. The van der Waals surface area contributed by atoms with Gasteiger partial charge in [0.1, 0.15) is 0 Å². The average Bonchev–Trinajstić information content (AvgIpc) is 3.29. The second kappa shape index (κ2) is 15.8. The van der Waals surface area contributed by atoms with Crippen LogP contribution in [0.5, 0.6) is 0 Å². The smallest absolute Gasteiger partial charge is 0.191 e. The van der Waals surface area contributed by atoms with Crippen molar-refractivity contribution >= 4 is 29.9 Å². The van der Waals surface area contributed by atoms with Crippen LogP contribution in [-0.4, -0.2) is 69.5 Å². The van der Waals surface area contributed by atoms with Crippen LogP contribution in [-0.2, 0) is 16.0 Å². The standard InChI is InChI=1S/C24H40N4O2.HI/c1-2-25-24(26-13-8-15-29-19-22-12-16-30-20-22)27-17-23-11-6-7-14-28(23)18-21-9-4-3-5-10-21;/h3-5,9-10,22-23H,2,6-8,11-20H2,1H3,(H2,25,26,27);1H. The Morgan fingerprint density at radius 2 is 2.06 bits per heavy atom. The molecular formula is C24H41IN4O2. The molecule has 2 aliphatic heterocycles. The molecule has 2 unspecified atom stereocenters. The zero-order valence-corrected chi connectivity index (χ0v) is 21.4. The zero-order chi connectivity index (χ0) is 20.9. The number of nitrogens with zero attached hydrogens (tertiary/aromatic N) is 2. The maximum Gasteiger partial charge on any atom is 0.191 e. The molecule has 2 fully saturated rings. The van der Waals surface area contributed by atoms with E-state index in [-0.39, 0.29) is 24.0 Å². The monoisotopic (exact) mass is 544 g/mol. The molecule has 2 aliphatic rings. The SMILES string of the molecule is CCNC(=NCC1CCCCN1Cc1ccccc1)NCCCOCC1CCOC1.I. The summed E-state index contributed by atoms with van der Waals surface area (Å²) in [6, 6.07) is 11.3. The third-order valence-electron chi connectivity index (χ3n) is 5.92. The summed E-state index contributed by atoms with van der Waals surface area (Å²) in [7, 11) is 0. The van der Waals surface area contributed by atoms with E-state index in [2.05, 4.69) is 52.8 Å². The van der Waals surface area contributed by atoms with Gasteiger partial charge in [0, 0.05) is 44.8 Å². The number of benzene rings is 1. The zero-order valence-electron chi connectivity index (χ0n) is 19.1. The molecule has 0 spiro atoms. The van der Waals surface area contributed by atoms with E-state index in [1.54, 1.807) is 0 Å². The highest BCUT2D eigenvalue weighted by molar-refractivity contribution is 14.0. The van der Waals surface area contributed by atoms with Crippen LogP contribution < -0.4 is 10.6 Å². The molecule has 2 saturated heterocycles. The molecule has 2 heterocycles. The third kappa shape index (κ3) is 10.1. The van der Waals surface area contributed by atoms with Gasteiger partial charge < -0.3 is 20.1 Å². The van der Waals surface area contributed by atoms with Crippen LogP contribution in [0, 0.1) is 5.92 Å². The van der Waals surface area contributed by atoms with Crippen molar-refractivity contribution in [2.45, 2.75) is 51.6 Å². The number of aliphatic imine (C=N–C) groups is 1. The van der Waals surface area contributed by atoms with E-state index in [4.69, 9.17) is 14.5 Å². The van der Waals surface area contributed by atoms with Crippen LogP contribution in [0.15, 0.2) is 35.3 Å². The normalized spacial score (nSPS) is 22.2. The van der Waals surface area contributed by atoms with Gasteiger partial charge in [-0.1, -0.05) is 36.8 Å². The minimum atomic E-state index is 0. The number of halogens is 1. The first-order chi connectivity index (χ1) is 14.8. The fourth-order valence-corrected chi connectivity index (χ4v) is 4.18. The van der Waals surface area contributed by atoms with Gasteiger partial charge >= 0.3 is 0 Å². The minimum absolute atomic E-state index is 0. The van der Waals surface area contributed by atoms with Gasteiger partial charge in [0.05, 0.1) is 19.8 Å². The number of ether oxygens (including phenoxy) is 2. The molecule has 31 heavy (non-hydrogen) atoms. The lowest BCUT2D eigenvalue weighted by Gasteiger charge is -2.35. The first-order valence-corrected chi connectivity index (χ1v) is 11.8. The number of hydrogen-bond donors (Lipinski definition) is 2. The molecule has 0 radical (unpaired) electrons. The van der Waals surface area contributed by atoms with Crippen LogP contribution >= 0.6 is 24.0 Å². The van der Waals surface area contributed by atoms with E-state index in [9.17, 15) is 0 Å². The van der Waals surface area contributed by atoms with Gasteiger partial charge in [0.2, 0.25) is 0 Å². The second-order valence-electron chi connectivity index (χ2n) is 8.41. The summed E-state index contributed by atoms with van der Waals surface area (Å²) in [5, 5.41) is 6.85. The van der Waals surface area contributed by atoms with Gasteiger partial charge in [-0.3, -0.25) is 9.89 Å². The van der Waals surface area contributed by atoms with E-state index in [0.29, 0.717) is 12.0 Å². The summed E-state index contributed by atoms with van der Waals surface area (Å²) < 4.78 is 11.2. The maximum absolute atomic E-state index is 5.80. The number of hydrogen-bond acceptors (Lipinski definition) is 4. The predicted octanol–water partition coefficient (Wildman–Crippen LogP) is 3.66. The van der Waals surface area contributed by atoms with Crippen molar-refractivity contribution in [3.8, 4) is 0 Å². The molecule has 7 heteroatoms. The van der Waals surface area contributed by atoms with Gasteiger partial charge in [-0.2, -0.15) is 0 Å². The molecule has 1 aromatic carbocycles. The Bertz CT molecular complexity index is 611. The fraction of sp³-hybridized carbons (Fsp3) is 0.708. The third-order valence-corrected chi connectivity index (χ3v) is 5.92. The lowest BCUT2D eigenvalue weighted by Crippen LogP contribution is -2.43. The Hall–Kier alpha value is -0.900. The van der Waals surface area contributed by atoms with Gasteiger partial charge in [-0.05, 0) is 44.7 Å². The largest absolute Gasteiger partial charge is 0.381 e. The van der Waals surface area contributed by atoms with Crippen LogP contribution in [0.4, 0.5) is 0 Å². The molecule has 0 aliphatic carbocycles. The molecular weight excluding hydrogens is 503 g/mol. The second-order valence-corrected chi connectivity index (χ2v) is 8.41. The first-order valence-electron chi connectivity index (χ1n) is 11.8. The molecule has 2 atom stereocenters. The Balaban J connectivity index is 0.00000341.